The molecular formula is C21H20N2O4. The van der Waals surface area contributed by atoms with E-state index in [-0.39, 0.29) is 18.2 Å². The summed E-state index contributed by atoms with van der Waals surface area (Å²) in [6.07, 6.45) is 0. The maximum Gasteiger partial charge on any atom is 0.344 e. The average molecular weight is 364 g/mol. The molecule has 6 nitrogen and oxygen atoms in total. The molecule has 0 aliphatic rings. The summed E-state index contributed by atoms with van der Waals surface area (Å²) in [6, 6.07) is 14.7. The van der Waals surface area contributed by atoms with Gasteiger partial charge >= 0.3 is 5.63 Å². The lowest BCUT2D eigenvalue weighted by Gasteiger charge is -2.12. The summed E-state index contributed by atoms with van der Waals surface area (Å²) in [5, 5.41) is 6.36. The average Bonchev–Trinajstić information content (AvgIpc) is 2.66. The highest BCUT2D eigenvalue weighted by Crippen LogP contribution is 2.30. The molecule has 2 amide bonds. The van der Waals surface area contributed by atoms with Crippen molar-refractivity contribution < 1.29 is 14.0 Å². The first-order valence-corrected chi connectivity index (χ1v) is 8.63. The van der Waals surface area contributed by atoms with Crippen molar-refractivity contribution in [2.24, 2.45) is 0 Å². The number of fused-ring (bicyclic) bond motifs is 1. The molecule has 2 aromatic carbocycles. The summed E-state index contributed by atoms with van der Waals surface area (Å²) in [7, 11) is 0. The molecule has 1 heterocycles. The number of nitrogens with one attached hydrogen (secondary N) is 2. The van der Waals surface area contributed by atoms with E-state index in [1.807, 2.05) is 37.3 Å². The van der Waals surface area contributed by atoms with E-state index in [9.17, 15) is 14.4 Å². The van der Waals surface area contributed by atoms with Crippen LogP contribution in [0.15, 0.2) is 57.7 Å². The normalized spacial score (nSPS) is 10.6. The molecule has 0 radical (unpaired) electrons. The minimum absolute atomic E-state index is 0.0367. The van der Waals surface area contributed by atoms with E-state index in [0.29, 0.717) is 22.9 Å². The van der Waals surface area contributed by atoms with Gasteiger partial charge in [0.25, 0.3) is 5.91 Å². The van der Waals surface area contributed by atoms with Crippen molar-refractivity contribution in [3.05, 3.63) is 70.3 Å². The zero-order valence-corrected chi connectivity index (χ0v) is 15.2. The van der Waals surface area contributed by atoms with E-state index < -0.39 is 11.5 Å². The molecule has 0 aliphatic heterocycles. The van der Waals surface area contributed by atoms with E-state index in [1.54, 1.807) is 18.2 Å². The third kappa shape index (κ3) is 4.06. The molecule has 6 heteroatoms. The molecule has 0 spiro atoms. The van der Waals surface area contributed by atoms with Gasteiger partial charge in [-0.05, 0) is 18.6 Å². The topological polar surface area (TPSA) is 88.4 Å². The predicted octanol–water partition coefficient (Wildman–Crippen LogP) is 2.63. The molecule has 3 aromatic rings. The van der Waals surface area contributed by atoms with E-state index in [0.717, 1.165) is 11.1 Å². The van der Waals surface area contributed by atoms with E-state index in [2.05, 4.69) is 10.6 Å². The quantitative estimate of drug-likeness (QED) is 0.681. The first-order valence-electron chi connectivity index (χ1n) is 8.63. The lowest BCUT2D eigenvalue weighted by molar-refractivity contribution is -0.118. The van der Waals surface area contributed by atoms with Gasteiger partial charge in [0.1, 0.15) is 0 Å². The molecular weight excluding hydrogens is 344 g/mol. The maximum atomic E-state index is 12.7. The monoisotopic (exact) mass is 364 g/mol. The van der Waals surface area contributed by atoms with E-state index in [1.165, 1.54) is 6.92 Å². The highest BCUT2D eigenvalue weighted by Gasteiger charge is 2.21. The number of hydrogen-bond acceptors (Lipinski definition) is 4. The Balaban J connectivity index is 2.07. The molecule has 3 rings (SSSR count). The molecule has 27 heavy (non-hydrogen) atoms. The predicted molar refractivity (Wildman–Crippen MR) is 104 cm³/mol. The van der Waals surface area contributed by atoms with Crippen LogP contribution in [0.5, 0.6) is 0 Å². The molecule has 0 saturated carbocycles. The number of rotatable bonds is 5. The first-order chi connectivity index (χ1) is 13.0. The summed E-state index contributed by atoms with van der Waals surface area (Å²) in [4.78, 5) is 36.0. The van der Waals surface area contributed by atoms with Crippen molar-refractivity contribution in [1.82, 2.24) is 10.6 Å². The Hall–Kier alpha value is -3.41. The highest BCUT2D eigenvalue weighted by atomic mass is 16.4. The summed E-state index contributed by atoms with van der Waals surface area (Å²) >= 11 is 0. The van der Waals surface area contributed by atoms with E-state index >= 15 is 0 Å². The standard InChI is InChI=1S/C21H20N2O4/c1-13-7-9-15(10-8-13)18-16-5-3-4-6-17(16)21(26)27-19(18)20(25)23-12-11-22-14(2)24/h3-10H,11-12H2,1-2H3,(H,22,24)(H,23,25). The Morgan fingerprint density at radius 1 is 0.926 bits per heavy atom. The van der Waals surface area contributed by atoms with Crippen molar-refractivity contribution in [2.45, 2.75) is 13.8 Å². The van der Waals surface area contributed by atoms with E-state index in [4.69, 9.17) is 4.42 Å². The van der Waals surface area contributed by atoms with Gasteiger partial charge in [-0.3, -0.25) is 9.59 Å². The van der Waals surface area contributed by atoms with Crippen molar-refractivity contribution in [3.8, 4) is 11.1 Å². The number of carbonyl (C=O) groups excluding carboxylic acids is 2. The lowest BCUT2D eigenvalue weighted by Crippen LogP contribution is -2.34. The largest absolute Gasteiger partial charge is 0.416 e. The van der Waals surface area contributed by atoms with Gasteiger partial charge in [-0.15, -0.1) is 0 Å². The summed E-state index contributed by atoms with van der Waals surface area (Å²) < 4.78 is 5.39. The van der Waals surface area contributed by atoms with Crippen LogP contribution in [-0.2, 0) is 4.79 Å². The number of amides is 2. The molecule has 0 fully saturated rings. The maximum absolute atomic E-state index is 12.7. The fraction of sp³-hybridized carbons (Fsp3) is 0.190. The van der Waals surface area contributed by atoms with Crippen LogP contribution in [0, 0.1) is 6.92 Å². The molecule has 0 atom stereocenters. The van der Waals surface area contributed by atoms with Crippen LogP contribution >= 0.6 is 0 Å². The second kappa shape index (κ2) is 7.86. The smallest absolute Gasteiger partial charge is 0.344 e. The van der Waals surface area contributed by atoms with Gasteiger partial charge in [0.05, 0.1) is 5.39 Å². The summed E-state index contributed by atoms with van der Waals surface area (Å²) in [5.74, 6) is -0.717. The number of carbonyl (C=O) groups is 2. The zero-order chi connectivity index (χ0) is 19.4. The number of hydrogen-bond donors (Lipinski definition) is 2. The fourth-order valence-electron chi connectivity index (χ4n) is 2.86. The molecule has 0 aliphatic carbocycles. The van der Waals surface area contributed by atoms with Gasteiger partial charge in [0.2, 0.25) is 11.7 Å². The number of aryl methyl sites for hydroxylation is 1. The van der Waals surface area contributed by atoms with Gasteiger partial charge in [-0.1, -0.05) is 48.0 Å². The fourth-order valence-corrected chi connectivity index (χ4v) is 2.86. The minimum atomic E-state index is -0.562. The SMILES string of the molecule is CC(=O)NCCNC(=O)c1oc(=O)c2ccccc2c1-c1ccc(C)cc1. The van der Waals surface area contributed by atoms with Crippen molar-refractivity contribution >= 4 is 22.6 Å². The van der Waals surface area contributed by atoms with Crippen LogP contribution in [0.3, 0.4) is 0 Å². The van der Waals surface area contributed by atoms with Crippen molar-refractivity contribution in [2.75, 3.05) is 13.1 Å². The van der Waals surface area contributed by atoms with Gasteiger partial charge in [-0.2, -0.15) is 0 Å². The molecule has 138 valence electrons. The summed E-state index contributed by atoms with van der Waals surface area (Å²) in [6.45, 7) is 3.89. The second-order valence-electron chi connectivity index (χ2n) is 6.24. The van der Waals surface area contributed by atoms with Crippen LogP contribution in [-0.4, -0.2) is 24.9 Å². The third-order valence-corrected chi connectivity index (χ3v) is 4.17. The highest BCUT2D eigenvalue weighted by molar-refractivity contribution is 6.07. The molecule has 1 aromatic heterocycles. The van der Waals surface area contributed by atoms with Crippen molar-refractivity contribution in [1.29, 1.82) is 0 Å². The minimum Gasteiger partial charge on any atom is -0.416 e. The molecule has 0 saturated heterocycles. The summed E-state index contributed by atoms with van der Waals surface area (Å²) in [5.41, 5.74) is 1.88. The van der Waals surface area contributed by atoms with Crippen LogP contribution in [0.4, 0.5) is 0 Å². The van der Waals surface area contributed by atoms with Gasteiger partial charge in [0.15, 0.2) is 0 Å². The van der Waals surface area contributed by atoms with Crippen LogP contribution < -0.4 is 16.3 Å². The molecule has 0 bridgehead atoms. The Morgan fingerprint density at radius 2 is 1.56 bits per heavy atom. The third-order valence-electron chi connectivity index (χ3n) is 4.17. The lowest BCUT2D eigenvalue weighted by atomic mass is 9.97. The number of benzene rings is 2. The second-order valence-corrected chi connectivity index (χ2v) is 6.24. The van der Waals surface area contributed by atoms with Gasteiger partial charge < -0.3 is 15.1 Å². The van der Waals surface area contributed by atoms with Gasteiger partial charge in [-0.25, -0.2) is 4.79 Å². The Bertz CT molecular complexity index is 1050. The Morgan fingerprint density at radius 3 is 2.22 bits per heavy atom. The molecule has 0 unspecified atom stereocenters. The Kier molecular flexibility index (Phi) is 5.35. The molecule has 2 N–H and O–H groups in total. The van der Waals surface area contributed by atoms with Crippen molar-refractivity contribution in [3.63, 3.8) is 0 Å². The van der Waals surface area contributed by atoms with Gasteiger partial charge in [0, 0.05) is 31.0 Å². The van der Waals surface area contributed by atoms with Crippen LogP contribution in [0.25, 0.3) is 21.9 Å². The Labute approximate surface area is 156 Å². The zero-order valence-electron chi connectivity index (χ0n) is 15.2. The first kappa shape index (κ1) is 18.4. The van der Waals surface area contributed by atoms with Crippen LogP contribution in [0.2, 0.25) is 0 Å². The van der Waals surface area contributed by atoms with Crippen LogP contribution in [0.1, 0.15) is 23.0 Å².